The first-order valence-electron chi connectivity index (χ1n) is 5.30. The van der Waals surface area contributed by atoms with E-state index in [0.29, 0.717) is 6.04 Å². The summed E-state index contributed by atoms with van der Waals surface area (Å²) in [5.41, 5.74) is 1.36. The molecule has 1 aromatic rings. The zero-order chi connectivity index (χ0) is 9.64. The molecule has 0 aliphatic carbocycles. The van der Waals surface area contributed by atoms with Crippen molar-refractivity contribution in [1.29, 1.82) is 0 Å². The summed E-state index contributed by atoms with van der Waals surface area (Å²) in [6.07, 6.45) is 2.29. The van der Waals surface area contributed by atoms with Crippen molar-refractivity contribution in [3.63, 3.8) is 0 Å². The van der Waals surface area contributed by atoms with Crippen LogP contribution in [-0.2, 0) is 11.3 Å². The summed E-state index contributed by atoms with van der Waals surface area (Å²) >= 11 is 0. The van der Waals surface area contributed by atoms with Gasteiger partial charge < -0.3 is 10.1 Å². The fourth-order valence-corrected chi connectivity index (χ4v) is 1.76. The molecule has 0 amide bonds. The highest BCUT2D eigenvalue weighted by Crippen LogP contribution is 2.07. The highest BCUT2D eigenvalue weighted by molar-refractivity contribution is 5.85. The van der Waals surface area contributed by atoms with Gasteiger partial charge in [0.15, 0.2) is 0 Å². The third-order valence-corrected chi connectivity index (χ3v) is 2.66. The first-order chi connectivity index (χ1) is 6.95. The molecule has 0 spiro atoms. The third kappa shape index (κ3) is 4.20. The molecule has 1 aliphatic rings. The van der Waals surface area contributed by atoms with E-state index in [2.05, 4.69) is 35.6 Å². The van der Waals surface area contributed by atoms with Crippen molar-refractivity contribution in [3.05, 3.63) is 35.9 Å². The molecule has 0 unspecified atom stereocenters. The molecule has 1 aliphatic heterocycles. The van der Waals surface area contributed by atoms with Crippen molar-refractivity contribution in [3.8, 4) is 0 Å². The van der Waals surface area contributed by atoms with Gasteiger partial charge in [0.25, 0.3) is 0 Å². The van der Waals surface area contributed by atoms with Crippen LogP contribution in [0.3, 0.4) is 0 Å². The van der Waals surface area contributed by atoms with Crippen molar-refractivity contribution in [2.24, 2.45) is 0 Å². The smallest absolute Gasteiger partial charge is 0.0480 e. The lowest BCUT2D eigenvalue weighted by molar-refractivity contribution is 0.0776. The predicted molar refractivity (Wildman–Crippen MR) is 64.4 cm³/mol. The van der Waals surface area contributed by atoms with Gasteiger partial charge in [-0.3, -0.25) is 0 Å². The van der Waals surface area contributed by atoms with Gasteiger partial charge >= 0.3 is 0 Å². The normalized spacial score (nSPS) is 17.1. The van der Waals surface area contributed by atoms with Crippen LogP contribution in [0.2, 0.25) is 0 Å². The van der Waals surface area contributed by atoms with Crippen molar-refractivity contribution < 1.29 is 4.74 Å². The van der Waals surface area contributed by atoms with Gasteiger partial charge in [-0.1, -0.05) is 30.3 Å². The topological polar surface area (TPSA) is 21.3 Å². The minimum atomic E-state index is 0. The van der Waals surface area contributed by atoms with Crippen LogP contribution in [0.25, 0.3) is 0 Å². The van der Waals surface area contributed by atoms with Gasteiger partial charge in [-0.25, -0.2) is 0 Å². The summed E-state index contributed by atoms with van der Waals surface area (Å²) in [5.74, 6) is 0. The van der Waals surface area contributed by atoms with Crippen LogP contribution >= 0.6 is 12.4 Å². The van der Waals surface area contributed by atoms with E-state index in [1.54, 1.807) is 0 Å². The molecule has 1 fully saturated rings. The predicted octanol–water partition coefficient (Wildman–Crippen LogP) is 2.38. The van der Waals surface area contributed by atoms with Gasteiger partial charge in [0.2, 0.25) is 0 Å². The van der Waals surface area contributed by atoms with E-state index in [1.807, 2.05) is 0 Å². The van der Waals surface area contributed by atoms with Gasteiger partial charge in [0.05, 0.1) is 0 Å². The number of nitrogens with one attached hydrogen (secondary N) is 1. The van der Waals surface area contributed by atoms with E-state index in [9.17, 15) is 0 Å². The number of benzene rings is 1. The first-order valence-corrected chi connectivity index (χ1v) is 5.30. The second kappa shape index (κ2) is 6.83. The van der Waals surface area contributed by atoms with Crippen LogP contribution in [0, 0.1) is 0 Å². The Kier molecular flexibility index (Phi) is 5.69. The van der Waals surface area contributed by atoms with Crippen LogP contribution in [-0.4, -0.2) is 19.3 Å². The number of ether oxygens (including phenoxy) is 1. The third-order valence-electron chi connectivity index (χ3n) is 2.66. The lowest BCUT2D eigenvalue weighted by atomic mass is 10.1. The van der Waals surface area contributed by atoms with E-state index in [-0.39, 0.29) is 12.4 Å². The van der Waals surface area contributed by atoms with Gasteiger partial charge in [0, 0.05) is 25.8 Å². The summed E-state index contributed by atoms with van der Waals surface area (Å²) in [6.45, 7) is 2.80. The SMILES string of the molecule is Cl.c1ccc(CNC2CCOCC2)cc1. The summed E-state index contributed by atoms with van der Waals surface area (Å²) in [6, 6.07) is 11.2. The standard InChI is InChI=1S/C12H17NO.ClH/c1-2-4-11(5-3-1)10-13-12-6-8-14-9-7-12;/h1-5,12-13H,6-10H2;1H. The van der Waals surface area contributed by atoms with Crippen LogP contribution in [0.1, 0.15) is 18.4 Å². The van der Waals surface area contributed by atoms with Crippen molar-refractivity contribution in [2.75, 3.05) is 13.2 Å². The average molecular weight is 228 g/mol. The molecule has 2 rings (SSSR count). The van der Waals surface area contributed by atoms with Gasteiger partial charge in [-0.2, -0.15) is 0 Å². The van der Waals surface area contributed by atoms with E-state index in [0.717, 1.165) is 32.6 Å². The minimum Gasteiger partial charge on any atom is -0.381 e. The van der Waals surface area contributed by atoms with Crippen molar-refractivity contribution in [1.82, 2.24) is 5.32 Å². The Labute approximate surface area is 97.4 Å². The quantitative estimate of drug-likeness (QED) is 0.856. The molecule has 0 atom stereocenters. The molecule has 84 valence electrons. The van der Waals surface area contributed by atoms with Crippen LogP contribution in [0.4, 0.5) is 0 Å². The second-order valence-electron chi connectivity index (χ2n) is 3.75. The molecule has 3 heteroatoms. The van der Waals surface area contributed by atoms with Gasteiger partial charge in [-0.05, 0) is 18.4 Å². The average Bonchev–Trinajstić information content (AvgIpc) is 2.29. The number of halogens is 1. The Bertz CT molecular complexity index is 260. The zero-order valence-electron chi connectivity index (χ0n) is 8.82. The Morgan fingerprint density at radius 3 is 2.47 bits per heavy atom. The van der Waals surface area contributed by atoms with Crippen LogP contribution < -0.4 is 5.32 Å². The highest BCUT2D eigenvalue weighted by Gasteiger charge is 2.12. The molecule has 1 saturated heterocycles. The molecule has 0 bridgehead atoms. The molecule has 0 aromatic heterocycles. The minimum absolute atomic E-state index is 0. The van der Waals surface area contributed by atoms with E-state index in [1.165, 1.54) is 5.56 Å². The molecule has 0 saturated carbocycles. The fourth-order valence-electron chi connectivity index (χ4n) is 1.76. The summed E-state index contributed by atoms with van der Waals surface area (Å²) in [4.78, 5) is 0. The summed E-state index contributed by atoms with van der Waals surface area (Å²) in [5, 5.41) is 3.56. The first kappa shape index (κ1) is 12.5. The molecule has 15 heavy (non-hydrogen) atoms. The monoisotopic (exact) mass is 227 g/mol. The Morgan fingerprint density at radius 2 is 1.80 bits per heavy atom. The molecule has 1 heterocycles. The molecule has 2 nitrogen and oxygen atoms in total. The highest BCUT2D eigenvalue weighted by atomic mass is 35.5. The lowest BCUT2D eigenvalue weighted by Gasteiger charge is -2.23. The van der Waals surface area contributed by atoms with E-state index in [4.69, 9.17) is 4.74 Å². The maximum absolute atomic E-state index is 5.31. The second-order valence-corrected chi connectivity index (χ2v) is 3.75. The molecular formula is C12H18ClNO. The maximum atomic E-state index is 5.31. The van der Waals surface area contributed by atoms with Crippen LogP contribution in [0.5, 0.6) is 0 Å². The summed E-state index contributed by atoms with van der Waals surface area (Å²) < 4.78 is 5.31. The van der Waals surface area contributed by atoms with Gasteiger partial charge in [-0.15, -0.1) is 12.4 Å². The molecule has 0 radical (unpaired) electrons. The fraction of sp³-hybridized carbons (Fsp3) is 0.500. The van der Waals surface area contributed by atoms with E-state index < -0.39 is 0 Å². The summed E-state index contributed by atoms with van der Waals surface area (Å²) in [7, 11) is 0. The maximum Gasteiger partial charge on any atom is 0.0480 e. The van der Waals surface area contributed by atoms with Crippen molar-refractivity contribution >= 4 is 12.4 Å². The van der Waals surface area contributed by atoms with Gasteiger partial charge in [0.1, 0.15) is 0 Å². The van der Waals surface area contributed by atoms with Crippen molar-refractivity contribution in [2.45, 2.75) is 25.4 Å². The Hall–Kier alpha value is -0.570. The molecular weight excluding hydrogens is 210 g/mol. The zero-order valence-corrected chi connectivity index (χ0v) is 9.63. The lowest BCUT2D eigenvalue weighted by Crippen LogP contribution is -2.34. The number of hydrogen-bond donors (Lipinski definition) is 1. The molecule has 1 N–H and O–H groups in total. The van der Waals surface area contributed by atoms with Crippen LogP contribution in [0.15, 0.2) is 30.3 Å². The Morgan fingerprint density at radius 1 is 1.13 bits per heavy atom. The Balaban J connectivity index is 0.00000112. The largest absolute Gasteiger partial charge is 0.381 e. The molecule has 1 aromatic carbocycles. The number of hydrogen-bond acceptors (Lipinski definition) is 2. The number of rotatable bonds is 3. The van der Waals surface area contributed by atoms with E-state index >= 15 is 0 Å².